The maximum absolute atomic E-state index is 10.9. The molecule has 0 saturated carbocycles. The van der Waals surface area contributed by atoms with Crippen molar-refractivity contribution < 1.29 is 13.5 Å². The number of benzene rings is 1. The molecule has 72 valence electrons. The van der Waals surface area contributed by atoms with Crippen molar-refractivity contribution in [1.82, 2.24) is 0 Å². The van der Waals surface area contributed by atoms with Gasteiger partial charge in [0.1, 0.15) is 0 Å². The second kappa shape index (κ2) is 3.45. The topological polar surface area (TPSA) is 80.4 Å². The molecule has 1 rings (SSSR count). The molecule has 5 heteroatoms. The van der Waals surface area contributed by atoms with Crippen molar-refractivity contribution in [2.75, 3.05) is 0 Å². The van der Waals surface area contributed by atoms with Gasteiger partial charge in [-0.25, -0.2) is 13.6 Å². The molecule has 4 nitrogen and oxygen atoms in total. The van der Waals surface area contributed by atoms with E-state index in [9.17, 15) is 13.5 Å². The molecule has 0 aliphatic rings. The van der Waals surface area contributed by atoms with Gasteiger partial charge in [0.15, 0.2) is 0 Å². The Balaban J connectivity index is 3.21. The minimum absolute atomic E-state index is 0.0194. The maximum Gasteiger partial charge on any atom is 0.238 e. The molecule has 0 unspecified atom stereocenters. The highest BCUT2D eigenvalue weighted by Crippen LogP contribution is 2.15. The summed E-state index contributed by atoms with van der Waals surface area (Å²) in [5, 5.41) is 14.1. The van der Waals surface area contributed by atoms with Crippen molar-refractivity contribution >= 4 is 10.0 Å². The first kappa shape index (κ1) is 10.2. The summed E-state index contributed by atoms with van der Waals surface area (Å²) < 4.78 is 21.8. The molecule has 0 saturated heterocycles. The lowest BCUT2D eigenvalue weighted by atomic mass is 10.1. The average molecular weight is 201 g/mol. The first-order valence-electron chi connectivity index (χ1n) is 3.72. The van der Waals surface area contributed by atoms with Crippen molar-refractivity contribution in [1.29, 1.82) is 0 Å². The fourth-order valence-electron chi connectivity index (χ4n) is 0.951. The van der Waals surface area contributed by atoms with Gasteiger partial charge in [-0.05, 0) is 24.6 Å². The van der Waals surface area contributed by atoms with Crippen LogP contribution in [0.1, 0.15) is 18.6 Å². The van der Waals surface area contributed by atoms with Crippen LogP contribution in [0.3, 0.4) is 0 Å². The van der Waals surface area contributed by atoms with Gasteiger partial charge in [0.05, 0.1) is 11.0 Å². The van der Waals surface area contributed by atoms with Crippen LogP contribution < -0.4 is 5.14 Å². The molecule has 0 aliphatic carbocycles. The summed E-state index contributed by atoms with van der Waals surface area (Å²) in [4.78, 5) is 0.0194. The number of sulfonamides is 1. The van der Waals surface area contributed by atoms with E-state index in [-0.39, 0.29) is 4.90 Å². The number of rotatable bonds is 2. The van der Waals surface area contributed by atoms with Gasteiger partial charge >= 0.3 is 0 Å². The Morgan fingerprint density at radius 2 is 2.08 bits per heavy atom. The number of aliphatic hydroxyl groups excluding tert-OH is 1. The molecule has 0 heterocycles. The predicted octanol–water partition coefficient (Wildman–Crippen LogP) is 0.387. The fourth-order valence-corrected chi connectivity index (χ4v) is 1.52. The van der Waals surface area contributed by atoms with Crippen molar-refractivity contribution in [3.8, 4) is 0 Å². The van der Waals surface area contributed by atoms with Gasteiger partial charge in [0.2, 0.25) is 10.0 Å². The van der Waals surface area contributed by atoms with E-state index in [0.717, 1.165) is 0 Å². The molecular formula is C8H11NO3S. The van der Waals surface area contributed by atoms with E-state index in [2.05, 4.69) is 0 Å². The van der Waals surface area contributed by atoms with Crippen LogP contribution >= 0.6 is 0 Å². The lowest BCUT2D eigenvalue weighted by Crippen LogP contribution is -2.12. The highest BCUT2D eigenvalue weighted by molar-refractivity contribution is 7.89. The Labute approximate surface area is 77.1 Å². The van der Waals surface area contributed by atoms with Crippen LogP contribution in [0.15, 0.2) is 29.2 Å². The van der Waals surface area contributed by atoms with Crippen molar-refractivity contribution in [2.24, 2.45) is 5.14 Å². The molecule has 1 aromatic rings. The highest BCUT2D eigenvalue weighted by Gasteiger charge is 2.09. The monoisotopic (exact) mass is 201 g/mol. The molecule has 0 amide bonds. The van der Waals surface area contributed by atoms with Crippen molar-refractivity contribution in [3.05, 3.63) is 29.8 Å². The lowest BCUT2D eigenvalue weighted by molar-refractivity contribution is 0.199. The smallest absolute Gasteiger partial charge is 0.238 e. The molecule has 0 bridgehead atoms. The Kier molecular flexibility index (Phi) is 2.70. The van der Waals surface area contributed by atoms with E-state index in [0.29, 0.717) is 5.56 Å². The molecular weight excluding hydrogens is 190 g/mol. The molecule has 0 aliphatic heterocycles. The first-order valence-corrected chi connectivity index (χ1v) is 5.27. The second-order valence-electron chi connectivity index (χ2n) is 2.79. The summed E-state index contributed by atoms with van der Waals surface area (Å²) in [6.45, 7) is 1.56. The van der Waals surface area contributed by atoms with Crippen molar-refractivity contribution in [3.63, 3.8) is 0 Å². The van der Waals surface area contributed by atoms with Gasteiger partial charge in [-0.2, -0.15) is 0 Å². The number of primary sulfonamides is 1. The fraction of sp³-hybridized carbons (Fsp3) is 0.250. The zero-order valence-electron chi connectivity index (χ0n) is 7.14. The van der Waals surface area contributed by atoms with Crippen LogP contribution in [0.2, 0.25) is 0 Å². The summed E-state index contributed by atoms with van der Waals surface area (Å²) in [5.74, 6) is 0. The quantitative estimate of drug-likeness (QED) is 0.726. The third-order valence-electron chi connectivity index (χ3n) is 1.67. The molecule has 13 heavy (non-hydrogen) atoms. The molecule has 0 fully saturated rings. The van der Waals surface area contributed by atoms with E-state index < -0.39 is 16.1 Å². The molecule has 0 radical (unpaired) electrons. The average Bonchev–Trinajstić information content (AvgIpc) is 2.03. The van der Waals surface area contributed by atoms with Gasteiger partial charge in [0.25, 0.3) is 0 Å². The van der Waals surface area contributed by atoms with Crippen LogP contribution in [0.4, 0.5) is 0 Å². The normalized spacial score (nSPS) is 14.1. The van der Waals surface area contributed by atoms with Crippen LogP contribution in [0, 0.1) is 0 Å². The number of hydrogen-bond donors (Lipinski definition) is 2. The van der Waals surface area contributed by atoms with Crippen LogP contribution in [0.25, 0.3) is 0 Å². The summed E-state index contributed by atoms with van der Waals surface area (Å²) >= 11 is 0. The van der Waals surface area contributed by atoms with Crippen molar-refractivity contribution in [2.45, 2.75) is 17.9 Å². The maximum atomic E-state index is 10.9. The summed E-state index contributed by atoms with van der Waals surface area (Å²) in [6, 6.07) is 5.93. The summed E-state index contributed by atoms with van der Waals surface area (Å²) in [5.41, 5.74) is 0.534. The molecule has 0 aromatic heterocycles. The molecule has 1 atom stereocenters. The summed E-state index contributed by atoms with van der Waals surface area (Å²) in [6.07, 6.45) is -0.693. The minimum atomic E-state index is -3.67. The zero-order valence-corrected chi connectivity index (χ0v) is 7.95. The second-order valence-corrected chi connectivity index (χ2v) is 4.35. The van der Waals surface area contributed by atoms with E-state index in [1.165, 1.54) is 12.1 Å². The van der Waals surface area contributed by atoms with Gasteiger partial charge in [-0.1, -0.05) is 12.1 Å². The Hall–Kier alpha value is -0.910. The van der Waals surface area contributed by atoms with Gasteiger partial charge < -0.3 is 5.11 Å². The van der Waals surface area contributed by atoms with Gasteiger partial charge in [-0.15, -0.1) is 0 Å². The van der Waals surface area contributed by atoms with E-state index in [1.54, 1.807) is 19.1 Å². The van der Waals surface area contributed by atoms with Crippen LogP contribution in [-0.2, 0) is 10.0 Å². The minimum Gasteiger partial charge on any atom is -0.389 e. The van der Waals surface area contributed by atoms with E-state index in [1.807, 2.05) is 0 Å². The van der Waals surface area contributed by atoms with E-state index in [4.69, 9.17) is 5.14 Å². The number of nitrogens with two attached hydrogens (primary N) is 1. The largest absolute Gasteiger partial charge is 0.389 e. The predicted molar refractivity (Wildman–Crippen MR) is 48.4 cm³/mol. The Morgan fingerprint density at radius 3 is 2.54 bits per heavy atom. The third kappa shape index (κ3) is 2.51. The summed E-state index contributed by atoms with van der Waals surface area (Å²) in [7, 11) is -3.67. The first-order chi connectivity index (χ1) is 5.91. The lowest BCUT2D eigenvalue weighted by Gasteiger charge is -2.05. The van der Waals surface area contributed by atoms with Gasteiger partial charge in [0, 0.05) is 0 Å². The van der Waals surface area contributed by atoms with Gasteiger partial charge in [-0.3, -0.25) is 0 Å². The number of aliphatic hydroxyl groups is 1. The Morgan fingerprint density at radius 1 is 1.46 bits per heavy atom. The molecule has 0 spiro atoms. The van der Waals surface area contributed by atoms with E-state index >= 15 is 0 Å². The SMILES string of the molecule is C[C@@H](O)c1cccc(S(N)(=O)=O)c1. The zero-order chi connectivity index (χ0) is 10.1. The van der Waals surface area contributed by atoms with Crippen LogP contribution in [0.5, 0.6) is 0 Å². The number of hydrogen-bond acceptors (Lipinski definition) is 3. The molecule has 1 aromatic carbocycles. The Bertz CT molecular complexity index is 398. The standard InChI is InChI=1S/C8H11NO3S/c1-6(10)7-3-2-4-8(5-7)13(9,11)12/h2-6,10H,1H3,(H2,9,11,12)/t6-/m1/s1. The van der Waals surface area contributed by atoms with Crippen LogP contribution in [-0.4, -0.2) is 13.5 Å². The highest BCUT2D eigenvalue weighted by atomic mass is 32.2. The third-order valence-corrected chi connectivity index (χ3v) is 2.58. The molecule has 3 N–H and O–H groups in total.